The molecule has 0 unspecified atom stereocenters. The third-order valence-electron chi connectivity index (χ3n) is 3.48. The second kappa shape index (κ2) is 7.23. The van der Waals surface area contributed by atoms with E-state index in [2.05, 4.69) is 50.1 Å². The summed E-state index contributed by atoms with van der Waals surface area (Å²) in [6.45, 7) is 10.3. The molecule has 112 valence electrons. The van der Waals surface area contributed by atoms with E-state index >= 15 is 0 Å². The number of rotatable bonds is 6. The van der Waals surface area contributed by atoms with Crippen LogP contribution in [0.15, 0.2) is 36.5 Å². The lowest BCUT2D eigenvalue weighted by molar-refractivity contribution is 0.446. The number of nitrogens with one attached hydrogen (secondary N) is 1. The zero-order valence-corrected chi connectivity index (χ0v) is 13.3. The molecule has 0 amide bonds. The summed E-state index contributed by atoms with van der Waals surface area (Å²) in [7, 11) is 0. The maximum absolute atomic E-state index is 6.03. The van der Waals surface area contributed by atoms with Gasteiger partial charge in [-0.3, -0.25) is 0 Å². The molecule has 0 atom stereocenters. The van der Waals surface area contributed by atoms with Gasteiger partial charge in [-0.25, -0.2) is 4.98 Å². The van der Waals surface area contributed by atoms with Gasteiger partial charge < -0.3 is 10.1 Å². The van der Waals surface area contributed by atoms with E-state index in [0.717, 1.165) is 30.0 Å². The topological polar surface area (TPSA) is 34.1 Å². The molecule has 0 aliphatic rings. The summed E-state index contributed by atoms with van der Waals surface area (Å²) in [4.78, 5) is 4.38. The van der Waals surface area contributed by atoms with Crippen LogP contribution < -0.4 is 10.1 Å². The number of ether oxygens (including phenoxy) is 1. The van der Waals surface area contributed by atoms with Crippen molar-refractivity contribution in [3.63, 3.8) is 0 Å². The van der Waals surface area contributed by atoms with Crippen molar-refractivity contribution in [2.24, 2.45) is 5.92 Å². The second-order valence-corrected chi connectivity index (χ2v) is 5.79. The zero-order chi connectivity index (χ0) is 15.2. The first-order chi connectivity index (χ1) is 10.1. The normalized spacial score (nSPS) is 10.9. The van der Waals surface area contributed by atoms with E-state index in [1.54, 1.807) is 6.20 Å². The molecule has 21 heavy (non-hydrogen) atoms. The number of aromatic nitrogens is 1. The molecule has 0 aliphatic heterocycles. The Kier molecular flexibility index (Phi) is 5.34. The fourth-order valence-corrected chi connectivity index (χ4v) is 2.08. The molecule has 0 saturated heterocycles. The first-order valence-corrected chi connectivity index (χ1v) is 7.46. The van der Waals surface area contributed by atoms with Crippen LogP contribution in [-0.2, 0) is 6.54 Å². The van der Waals surface area contributed by atoms with E-state index < -0.39 is 0 Å². The minimum absolute atomic E-state index is 0.630. The standard InChI is InChI=1S/C18H24N2O/c1-13(2)11-19-12-16-8-6-10-20-18(16)21-17-9-5-7-14(3)15(17)4/h5-10,13,19H,11-12H2,1-4H3. The fraction of sp³-hybridized carbons (Fsp3) is 0.389. The molecule has 3 heteroatoms. The fourth-order valence-electron chi connectivity index (χ4n) is 2.08. The van der Waals surface area contributed by atoms with Crippen LogP contribution in [0, 0.1) is 19.8 Å². The summed E-state index contributed by atoms with van der Waals surface area (Å²) in [5, 5.41) is 3.43. The molecule has 0 fully saturated rings. The quantitative estimate of drug-likeness (QED) is 0.861. The first kappa shape index (κ1) is 15.5. The summed E-state index contributed by atoms with van der Waals surface area (Å²) in [6.07, 6.45) is 1.77. The maximum Gasteiger partial charge on any atom is 0.223 e. The Morgan fingerprint density at radius 3 is 2.71 bits per heavy atom. The number of pyridine rings is 1. The van der Waals surface area contributed by atoms with Gasteiger partial charge in [0.1, 0.15) is 5.75 Å². The van der Waals surface area contributed by atoms with Crippen LogP contribution in [0.3, 0.4) is 0 Å². The molecule has 0 radical (unpaired) electrons. The SMILES string of the molecule is Cc1cccc(Oc2ncccc2CNCC(C)C)c1C. The van der Waals surface area contributed by atoms with Crippen molar-refractivity contribution in [3.05, 3.63) is 53.2 Å². The molecular weight excluding hydrogens is 260 g/mol. The molecule has 1 N–H and O–H groups in total. The maximum atomic E-state index is 6.03. The highest BCUT2D eigenvalue weighted by molar-refractivity contribution is 5.41. The van der Waals surface area contributed by atoms with Crippen molar-refractivity contribution in [1.82, 2.24) is 10.3 Å². The zero-order valence-electron chi connectivity index (χ0n) is 13.3. The van der Waals surface area contributed by atoms with Gasteiger partial charge >= 0.3 is 0 Å². The van der Waals surface area contributed by atoms with Crippen molar-refractivity contribution in [2.75, 3.05) is 6.54 Å². The van der Waals surface area contributed by atoms with Crippen molar-refractivity contribution in [1.29, 1.82) is 0 Å². The lowest BCUT2D eigenvalue weighted by Crippen LogP contribution is -2.19. The minimum Gasteiger partial charge on any atom is -0.438 e. The largest absolute Gasteiger partial charge is 0.438 e. The number of nitrogens with zero attached hydrogens (tertiary/aromatic N) is 1. The highest BCUT2D eigenvalue weighted by Crippen LogP contribution is 2.27. The molecule has 1 aromatic heterocycles. The van der Waals surface area contributed by atoms with E-state index in [1.807, 2.05) is 18.2 Å². The Morgan fingerprint density at radius 1 is 1.14 bits per heavy atom. The predicted octanol–water partition coefficient (Wildman–Crippen LogP) is 4.24. The summed E-state index contributed by atoms with van der Waals surface area (Å²) in [5.41, 5.74) is 3.46. The van der Waals surface area contributed by atoms with Gasteiger partial charge in [0, 0.05) is 18.3 Å². The number of hydrogen-bond acceptors (Lipinski definition) is 3. The highest BCUT2D eigenvalue weighted by atomic mass is 16.5. The summed E-state index contributed by atoms with van der Waals surface area (Å²) < 4.78 is 6.03. The van der Waals surface area contributed by atoms with Crippen LogP contribution in [0.5, 0.6) is 11.6 Å². The molecule has 1 heterocycles. The van der Waals surface area contributed by atoms with E-state index in [-0.39, 0.29) is 0 Å². The van der Waals surface area contributed by atoms with Gasteiger partial charge in [0.2, 0.25) is 5.88 Å². The third-order valence-corrected chi connectivity index (χ3v) is 3.48. The molecule has 3 nitrogen and oxygen atoms in total. The molecule has 0 spiro atoms. The summed E-state index contributed by atoms with van der Waals surface area (Å²) >= 11 is 0. The highest BCUT2D eigenvalue weighted by Gasteiger charge is 2.08. The number of aryl methyl sites for hydroxylation is 1. The van der Waals surface area contributed by atoms with Crippen LogP contribution in [-0.4, -0.2) is 11.5 Å². The van der Waals surface area contributed by atoms with Gasteiger partial charge in [0.15, 0.2) is 0 Å². The Bertz CT molecular complexity index is 594. The van der Waals surface area contributed by atoms with Gasteiger partial charge in [-0.2, -0.15) is 0 Å². The molecule has 0 aliphatic carbocycles. The smallest absolute Gasteiger partial charge is 0.223 e. The van der Waals surface area contributed by atoms with Crippen LogP contribution in [0.4, 0.5) is 0 Å². The Labute approximate surface area is 127 Å². The Balaban J connectivity index is 2.14. The van der Waals surface area contributed by atoms with Crippen molar-refractivity contribution in [2.45, 2.75) is 34.2 Å². The monoisotopic (exact) mass is 284 g/mol. The molecule has 0 bridgehead atoms. The average molecular weight is 284 g/mol. The Morgan fingerprint density at radius 2 is 1.95 bits per heavy atom. The summed E-state index contributed by atoms with van der Waals surface area (Å²) in [6, 6.07) is 10.1. The van der Waals surface area contributed by atoms with Gasteiger partial charge in [0.05, 0.1) is 0 Å². The van der Waals surface area contributed by atoms with E-state index in [1.165, 1.54) is 5.56 Å². The molecule has 0 saturated carbocycles. The number of hydrogen-bond donors (Lipinski definition) is 1. The van der Waals surface area contributed by atoms with Gasteiger partial charge in [-0.1, -0.05) is 32.0 Å². The lowest BCUT2D eigenvalue weighted by atomic mass is 10.1. The third kappa shape index (κ3) is 4.30. The van der Waals surface area contributed by atoms with E-state index in [4.69, 9.17) is 4.74 Å². The molecule has 2 rings (SSSR count). The number of benzene rings is 1. The van der Waals surface area contributed by atoms with Gasteiger partial charge in [-0.05, 0) is 49.6 Å². The van der Waals surface area contributed by atoms with Crippen LogP contribution >= 0.6 is 0 Å². The van der Waals surface area contributed by atoms with Crippen molar-refractivity contribution >= 4 is 0 Å². The second-order valence-electron chi connectivity index (χ2n) is 5.79. The lowest BCUT2D eigenvalue weighted by Gasteiger charge is -2.14. The molecular formula is C18H24N2O. The average Bonchev–Trinajstić information content (AvgIpc) is 2.45. The van der Waals surface area contributed by atoms with Gasteiger partial charge in [0.25, 0.3) is 0 Å². The van der Waals surface area contributed by atoms with E-state index in [9.17, 15) is 0 Å². The molecule has 1 aromatic carbocycles. The minimum atomic E-state index is 0.630. The first-order valence-electron chi connectivity index (χ1n) is 7.46. The molecule has 2 aromatic rings. The summed E-state index contributed by atoms with van der Waals surface area (Å²) in [5.74, 6) is 2.19. The van der Waals surface area contributed by atoms with Crippen LogP contribution in [0.2, 0.25) is 0 Å². The predicted molar refractivity (Wildman–Crippen MR) is 86.8 cm³/mol. The van der Waals surface area contributed by atoms with E-state index in [0.29, 0.717) is 11.8 Å². The van der Waals surface area contributed by atoms with Crippen molar-refractivity contribution < 1.29 is 4.74 Å². The Hall–Kier alpha value is -1.87. The van der Waals surface area contributed by atoms with Gasteiger partial charge in [-0.15, -0.1) is 0 Å². The van der Waals surface area contributed by atoms with Crippen molar-refractivity contribution in [3.8, 4) is 11.6 Å². The van der Waals surface area contributed by atoms with Crippen LogP contribution in [0.1, 0.15) is 30.5 Å². The van der Waals surface area contributed by atoms with Crippen LogP contribution in [0.25, 0.3) is 0 Å².